The molecule has 0 aliphatic carbocycles. The molecule has 0 radical (unpaired) electrons. The molecule has 1 aromatic heterocycles. The first kappa shape index (κ1) is 22.7. The number of carbonyl (C=O) groups is 1. The second-order valence-corrected chi connectivity index (χ2v) is 8.15. The lowest BCUT2D eigenvalue weighted by atomic mass is 10.1. The first-order chi connectivity index (χ1) is 15.9. The van der Waals surface area contributed by atoms with Gasteiger partial charge in [-0.1, -0.05) is 59.1 Å². The van der Waals surface area contributed by atoms with Gasteiger partial charge in [-0.3, -0.25) is 4.79 Å². The van der Waals surface area contributed by atoms with Crippen LogP contribution in [0.25, 0.3) is 22.7 Å². The lowest BCUT2D eigenvalue weighted by Gasteiger charge is -2.10. The van der Waals surface area contributed by atoms with Crippen molar-refractivity contribution in [3.8, 4) is 11.8 Å². The summed E-state index contributed by atoms with van der Waals surface area (Å²) in [6, 6.07) is 19.6. The average Bonchev–Trinajstić information content (AvgIpc) is 3.24. The minimum Gasteiger partial charge on any atom is -0.484 e. The molecule has 0 fully saturated rings. The summed E-state index contributed by atoms with van der Waals surface area (Å²) in [5.74, 6) is 0.581. The molecule has 0 atom stereocenters. The predicted octanol–water partition coefficient (Wildman–Crippen LogP) is 6.60. The van der Waals surface area contributed by atoms with Gasteiger partial charge in [0, 0.05) is 0 Å². The highest BCUT2D eigenvalue weighted by atomic mass is 35.5. The number of para-hydroxylation sites is 2. The SMILES string of the molecule is N#CC(=Cc1ccc(OCC(=O)Nc2cc(Cl)c(Cl)cc2Cl)cc1)c1nc2ccccc2[nH]1. The van der Waals surface area contributed by atoms with E-state index in [1.54, 1.807) is 30.3 Å². The van der Waals surface area contributed by atoms with Crippen molar-refractivity contribution in [2.75, 3.05) is 11.9 Å². The molecule has 0 bridgehead atoms. The third-order valence-electron chi connectivity index (χ3n) is 4.61. The van der Waals surface area contributed by atoms with Crippen LogP contribution in [0.1, 0.15) is 11.4 Å². The quantitative estimate of drug-likeness (QED) is 0.232. The fourth-order valence-corrected chi connectivity index (χ4v) is 3.61. The summed E-state index contributed by atoms with van der Waals surface area (Å²) in [7, 11) is 0. The molecule has 3 aromatic carbocycles. The molecule has 2 N–H and O–H groups in total. The Balaban J connectivity index is 1.40. The van der Waals surface area contributed by atoms with Crippen LogP contribution in [0.4, 0.5) is 5.69 Å². The number of hydrogen-bond donors (Lipinski definition) is 2. The molecular weight excluding hydrogens is 483 g/mol. The van der Waals surface area contributed by atoms with E-state index in [9.17, 15) is 10.1 Å². The van der Waals surface area contributed by atoms with E-state index in [0.717, 1.165) is 16.6 Å². The van der Waals surface area contributed by atoms with Gasteiger partial charge in [-0.2, -0.15) is 5.26 Å². The number of rotatable bonds is 6. The standard InChI is InChI=1S/C24H15Cl3N4O2/c25-17-10-19(27)22(11-18(17)26)29-23(32)13-33-16-7-5-14(6-8-16)9-15(12-28)24-30-20-3-1-2-4-21(20)31-24/h1-11H,13H2,(H,29,32)(H,30,31). The number of aromatic amines is 1. The number of hydrogen-bond acceptors (Lipinski definition) is 4. The molecule has 0 aliphatic heterocycles. The number of nitrogens with zero attached hydrogens (tertiary/aromatic N) is 2. The molecule has 1 amide bonds. The van der Waals surface area contributed by atoms with Crippen molar-refractivity contribution in [2.24, 2.45) is 0 Å². The molecule has 33 heavy (non-hydrogen) atoms. The van der Waals surface area contributed by atoms with E-state index in [-0.39, 0.29) is 16.7 Å². The molecule has 0 saturated heterocycles. The molecule has 0 spiro atoms. The summed E-state index contributed by atoms with van der Waals surface area (Å²) in [6.45, 7) is -0.228. The van der Waals surface area contributed by atoms with E-state index in [4.69, 9.17) is 39.5 Å². The van der Waals surface area contributed by atoms with Crippen LogP contribution in [-0.2, 0) is 4.79 Å². The number of H-pyrrole nitrogens is 1. The van der Waals surface area contributed by atoms with Crippen LogP contribution >= 0.6 is 34.8 Å². The number of imidazole rings is 1. The fourth-order valence-electron chi connectivity index (χ4n) is 3.01. The maximum Gasteiger partial charge on any atom is 0.262 e. The Morgan fingerprint density at radius 2 is 1.79 bits per heavy atom. The lowest BCUT2D eigenvalue weighted by molar-refractivity contribution is -0.118. The summed E-state index contributed by atoms with van der Waals surface area (Å²) in [5, 5.41) is 13.0. The van der Waals surface area contributed by atoms with Crippen molar-refractivity contribution in [3.63, 3.8) is 0 Å². The maximum absolute atomic E-state index is 12.2. The van der Waals surface area contributed by atoms with Gasteiger partial charge in [0.25, 0.3) is 5.91 Å². The zero-order chi connectivity index (χ0) is 23.4. The highest BCUT2D eigenvalue weighted by Gasteiger charge is 2.11. The first-order valence-electron chi connectivity index (χ1n) is 9.67. The number of nitrogens with one attached hydrogen (secondary N) is 2. The molecule has 0 aliphatic rings. The van der Waals surface area contributed by atoms with Crippen molar-refractivity contribution in [1.82, 2.24) is 9.97 Å². The summed E-state index contributed by atoms with van der Waals surface area (Å²) >= 11 is 17.9. The van der Waals surface area contributed by atoms with Gasteiger partial charge in [-0.05, 0) is 48.0 Å². The van der Waals surface area contributed by atoms with Crippen LogP contribution in [0.5, 0.6) is 5.75 Å². The molecular formula is C24H15Cl3N4O2. The van der Waals surface area contributed by atoms with Gasteiger partial charge in [0.15, 0.2) is 6.61 Å². The average molecular weight is 498 g/mol. The van der Waals surface area contributed by atoms with E-state index in [0.29, 0.717) is 27.9 Å². The van der Waals surface area contributed by atoms with Gasteiger partial charge in [-0.15, -0.1) is 0 Å². The van der Waals surface area contributed by atoms with Crippen molar-refractivity contribution in [1.29, 1.82) is 5.26 Å². The van der Waals surface area contributed by atoms with E-state index in [2.05, 4.69) is 21.4 Å². The van der Waals surface area contributed by atoms with Gasteiger partial charge in [0.2, 0.25) is 0 Å². The van der Waals surface area contributed by atoms with Crippen molar-refractivity contribution in [3.05, 3.63) is 87.1 Å². The minimum absolute atomic E-state index is 0.228. The number of fused-ring (bicyclic) bond motifs is 1. The maximum atomic E-state index is 12.2. The third kappa shape index (κ3) is 5.47. The Labute approximate surface area is 204 Å². The Bertz CT molecular complexity index is 1370. The van der Waals surface area contributed by atoms with Crippen molar-refractivity contribution >= 4 is 69.1 Å². The summed E-state index contributed by atoms with van der Waals surface area (Å²) in [6.07, 6.45) is 1.72. The number of amides is 1. The van der Waals surface area contributed by atoms with Crippen LogP contribution < -0.4 is 10.1 Å². The minimum atomic E-state index is -0.407. The van der Waals surface area contributed by atoms with Crippen LogP contribution in [-0.4, -0.2) is 22.5 Å². The van der Waals surface area contributed by atoms with Crippen LogP contribution in [0.2, 0.25) is 15.1 Å². The molecule has 0 saturated carbocycles. The Morgan fingerprint density at radius 3 is 2.52 bits per heavy atom. The topological polar surface area (TPSA) is 90.8 Å². The molecule has 1 heterocycles. The van der Waals surface area contributed by atoms with E-state index < -0.39 is 5.91 Å². The highest BCUT2D eigenvalue weighted by molar-refractivity contribution is 6.44. The van der Waals surface area contributed by atoms with Gasteiger partial charge in [-0.25, -0.2) is 4.98 Å². The Hall–Kier alpha value is -3.50. The smallest absolute Gasteiger partial charge is 0.262 e. The zero-order valence-corrected chi connectivity index (χ0v) is 19.2. The van der Waals surface area contributed by atoms with Gasteiger partial charge in [0.1, 0.15) is 17.6 Å². The first-order valence-corrected chi connectivity index (χ1v) is 10.8. The molecule has 4 rings (SSSR count). The molecule has 4 aromatic rings. The van der Waals surface area contributed by atoms with E-state index in [1.807, 2.05) is 24.3 Å². The summed E-state index contributed by atoms with van der Waals surface area (Å²) in [4.78, 5) is 19.8. The number of nitriles is 1. The van der Waals surface area contributed by atoms with Crippen LogP contribution in [0.15, 0.2) is 60.7 Å². The van der Waals surface area contributed by atoms with Crippen LogP contribution in [0.3, 0.4) is 0 Å². The second-order valence-electron chi connectivity index (χ2n) is 6.92. The molecule has 0 unspecified atom stereocenters. The Kier molecular flexibility index (Phi) is 6.85. The molecule has 9 heteroatoms. The Morgan fingerprint density at radius 1 is 1.06 bits per heavy atom. The highest BCUT2D eigenvalue weighted by Crippen LogP contribution is 2.32. The zero-order valence-electron chi connectivity index (χ0n) is 16.9. The summed E-state index contributed by atoms with van der Waals surface area (Å²) < 4.78 is 5.53. The van der Waals surface area contributed by atoms with Crippen molar-refractivity contribution in [2.45, 2.75) is 0 Å². The number of ether oxygens (including phenoxy) is 1. The van der Waals surface area contributed by atoms with E-state index >= 15 is 0 Å². The molecule has 164 valence electrons. The monoisotopic (exact) mass is 496 g/mol. The number of benzene rings is 3. The van der Waals surface area contributed by atoms with Gasteiger partial charge in [0.05, 0.1) is 37.4 Å². The number of anilines is 1. The number of halogens is 3. The van der Waals surface area contributed by atoms with Crippen molar-refractivity contribution < 1.29 is 9.53 Å². The third-order valence-corrected chi connectivity index (χ3v) is 5.64. The second kappa shape index (κ2) is 9.97. The molecule has 6 nitrogen and oxygen atoms in total. The largest absolute Gasteiger partial charge is 0.484 e. The number of carbonyl (C=O) groups excluding carboxylic acids is 1. The number of aromatic nitrogens is 2. The predicted molar refractivity (Wildman–Crippen MR) is 132 cm³/mol. The number of allylic oxidation sites excluding steroid dienone is 1. The normalized spacial score (nSPS) is 11.3. The van der Waals surface area contributed by atoms with Gasteiger partial charge >= 0.3 is 0 Å². The summed E-state index contributed by atoms with van der Waals surface area (Å²) in [5.41, 5.74) is 3.18. The fraction of sp³-hybridized carbons (Fsp3) is 0.0417. The van der Waals surface area contributed by atoms with Gasteiger partial charge < -0.3 is 15.0 Å². The van der Waals surface area contributed by atoms with E-state index in [1.165, 1.54) is 12.1 Å². The van der Waals surface area contributed by atoms with Crippen LogP contribution in [0, 0.1) is 11.3 Å². The lowest BCUT2D eigenvalue weighted by Crippen LogP contribution is -2.20.